The van der Waals surface area contributed by atoms with Crippen molar-refractivity contribution in [3.63, 3.8) is 0 Å². The number of thioether (sulfide) groups is 1. The van der Waals surface area contributed by atoms with Crippen LogP contribution in [-0.2, 0) is 9.59 Å². The highest BCUT2D eigenvalue weighted by atomic mass is 32.2. The molecule has 1 saturated heterocycles. The number of hydrogen-bond acceptors (Lipinski definition) is 5. The molecule has 1 aliphatic rings. The molecule has 0 unspecified atom stereocenters. The van der Waals surface area contributed by atoms with Crippen molar-refractivity contribution in [2.75, 3.05) is 16.0 Å². The van der Waals surface area contributed by atoms with Crippen LogP contribution in [0.3, 0.4) is 0 Å². The minimum Gasteiger partial charge on any atom is -0.321 e. The molecule has 136 valence electrons. The lowest BCUT2D eigenvalue weighted by Crippen LogP contribution is -2.28. The normalized spacial score (nSPS) is 13.5. The summed E-state index contributed by atoms with van der Waals surface area (Å²) < 4.78 is 0. The lowest BCUT2D eigenvalue weighted by molar-refractivity contribution is -0.121. The minimum absolute atomic E-state index is 0.222. The monoisotopic (exact) mass is 379 g/mol. The first-order valence-electron chi connectivity index (χ1n) is 8.46. The predicted molar refractivity (Wildman–Crippen MR) is 104 cm³/mol. The largest absolute Gasteiger partial charge is 0.321 e. The number of carbonyl (C=O) groups excluding carboxylic acids is 3. The Labute approximate surface area is 161 Å². The van der Waals surface area contributed by atoms with Gasteiger partial charge in [-0.05, 0) is 36.4 Å². The van der Waals surface area contributed by atoms with Crippen molar-refractivity contribution >= 4 is 40.9 Å². The van der Waals surface area contributed by atoms with Gasteiger partial charge in [-0.15, -0.1) is 11.8 Å². The first kappa shape index (κ1) is 18.7. The van der Waals surface area contributed by atoms with Crippen molar-refractivity contribution in [1.29, 1.82) is 5.26 Å². The van der Waals surface area contributed by atoms with Gasteiger partial charge in [0.1, 0.15) is 0 Å². The van der Waals surface area contributed by atoms with Gasteiger partial charge in [-0.2, -0.15) is 5.26 Å². The fraction of sp³-hybridized carbons (Fsp3) is 0.200. The average Bonchev–Trinajstić information content (AvgIpc) is 3.02. The van der Waals surface area contributed by atoms with Gasteiger partial charge in [0.05, 0.1) is 17.4 Å². The van der Waals surface area contributed by atoms with Crippen LogP contribution in [0.15, 0.2) is 53.4 Å². The second-order valence-corrected chi connectivity index (χ2v) is 7.01. The van der Waals surface area contributed by atoms with E-state index in [4.69, 9.17) is 5.26 Å². The lowest BCUT2D eigenvalue weighted by atomic mass is 10.1. The predicted octanol–water partition coefficient (Wildman–Crippen LogP) is 3.60. The molecule has 3 rings (SSSR count). The molecule has 2 aromatic rings. The minimum atomic E-state index is -0.283. The molecule has 0 atom stereocenters. The molecule has 1 fully saturated rings. The molecular weight excluding hydrogens is 362 g/mol. The Morgan fingerprint density at radius 3 is 2.41 bits per heavy atom. The van der Waals surface area contributed by atoms with E-state index in [2.05, 4.69) is 11.4 Å². The van der Waals surface area contributed by atoms with Crippen LogP contribution in [0.1, 0.15) is 29.6 Å². The number of para-hydroxylation sites is 1. The number of nitrogens with one attached hydrogen (secondary N) is 1. The maximum Gasteiger partial charge on any atom is 0.255 e. The molecular formula is C20H17N3O3S. The summed E-state index contributed by atoms with van der Waals surface area (Å²) in [6.45, 7) is 0. The van der Waals surface area contributed by atoms with Crippen LogP contribution in [0, 0.1) is 11.3 Å². The summed E-state index contributed by atoms with van der Waals surface area (Å²) in [6, 6.07) is 15.9. The number of imide groups is 1. The molecule has 0 spiro atoms. The Morgan fingerprint density at radius 1 is 1.07 bits per heavy atom. The first-order chi connectivity index (χ1) is 13.1. The van der Waals surface area contributed by atoms with E-state index in [1.54, 1.807) is 24.3 Å². The van der Waals surface area contributed by atoms with Crippen LogP contribution in [0.5, 0.6) is 0 Å². The van der Waals surface area contributed by atoms with Gasteiger partial charge in [-0.25, -0.2) is 0 Å². The van der Waals surface area contributed by atoms with Gasteiger partial charge >= 0.3 is 0 Å². The molecule has 2 aromatic carbocycles. The zero-order valence-corrected chi connectivity index (χ0v) is 15.3. The molecule has 0 aromatic heterocycles. The standard InChI is InChI=1S/C20H17N3O3S/c21-12-3-13-27-17-5-2-1-4-16(17)22-20(26)14-6-8-15(9-7-14)23-18(24)10-11-19(23)25/h1-2,4-9H,3,10-11,13H2,(H,22,26). The van der Waals surface area contributed by atoms with Gasteiger partial charge in [-0.3, -0.25) is 19.3 Å². The highest BCUT2D eigenvalue weighted by Crippen LogP contribution is 2.28. The molecule has 7 heteroatoms. The van der Waals surface area contributed by atoms with E-state index >= 15 is 0 Å². The van der Waals surface area contributed by atoms with Crippen molar-refractivity contribution in [2.45, 2.75) is 24.2 Å². The van der Waals surface area contributed by atoms with Crippen LogP contribution in [0.4, 0.5) is 11.4 Å². The van der Waals surface area contributed by atoms with Gasteiger partial charge < -0.3 is 5.32 Å². The lowest BCUT2D eigenvalue weighted by Gasteiger charge is -2.14. The maximum atomic E-state index is 12.5. The van der Waals surface area contributed by atoms with E-state index in [1.807, 2.05) is 24.3 Å². The van der Waals surface area contributed by atoms with Crippen LogP contribution in [0.2, 0.25) is 0 Å². The summed E-state index contributed by atoms with van der Waals surface area (Å²) in [5.74, 6) is -0.0781. The Kier molecular flexibility index (Phi) is 5.89. The van der Waals surface area contributed by atoms with E-state index in [-0.39, 0.29) is 30.6 Å². The van der Waals surface area contributed by atoms with Crippen LogP contribution >= 0.6 is 11.8 Å². The quantitative estimate of drug-likeness (QED) is 0.470. The fourth-order valence-electron chi connectivity index (χ4n) is 2.72. The van der Waals surface area contributed by atoms with Crippen molar-refractivity contribution in [1.82, 2.24) is 0 Å². The van der Waals surface area contributed by atoms with E-state index < -0.39 is 0 Å². The second-order valence-electron chi connectivity index (χ2n) is 5.88. The van der Waals surface area contributed by atoms with Crippen molar-refractivity contribution in [3.05, 3.63) is 54.1 Å². The number of nitriles is 1. The van der Waals surface area contributed by atoms with E-state index in [1.165, 1.54) is 11.8 Å². The van der Waals surface area contributed by atoms with E-state index in [0.717, 1.165) is 9.80 Å². The summed E-state index contributed by atoms with van der Waals surface area (Å²) in [7, 11) is 0. The topological polar surface area (TPSA) is 90.3 Å². The molecule has 3 amide bonds. The molecule has 1 N–H and O–H groups in total. The third-order valence-corrected chi connectivity index (χ3v) is 5.12. The number of amides is 3. The van der Waals surface area contributed by atoms with Gasteiger partial charge in [-0.1, -0.05) is 12.1 Å². The number of hydrogen-bond donors (Lipinski definition) is 1. The number of carbonyl (C=O) groups is 3. The van der Waals surface area contributed by atoms with Gasteiger partial charge in [0, 0.05) is 35.5 Å². The van der Waals surface area contributed by atoms with Crippen molar-refractivity contribution in [3.8, 4) is 6.07 Å². The molecule has 27 heavy (non-hydrogen) atoms. The summed E-state index contributed by atoms with van der Waals surface area (Å²) in [5, 5.41) is 11.5. The highest BCUT2D eigenvalue weighted by Gasteiger charge is 2.30. The van der Waals surface area contributed by atoms with Crippen molar-refractivity contribution < 1.29 is 14.4 Å². The molecule has 0 saturated carbocycles. The SMILES string of the molecule is N#CCCSc1ccccc1NC(=O)c1ccc(N2C(=O)CCC2=O)cc1. The zero-order valence-electron chi connectivity index (χ0n) is 14.5. The Balaban J connectivity index is 1.71. The Bertz CT molecular complexity index is 903. The highest BCUT2D eigenvalue weighted by molar-refractivity contribution is 7.99. The summed E-state index contributed by atoms with van der Waals surface area (Å²) >= 11 is 1.51. The third kappa shape index (κ3) is 4.36. The number of anilines is 2. The first-order valence-corrected chi connectivity index (χ1v) is 9.44. The third-order valence-electron chi connectivity index (χ3n) is 4.05. The molecule has 0 radical (unpaired) electrons. The molecule has 1 aliphatic heterocycles. The maximum absolute atomic E-state index is 12.5. The van der Waals surface area contributed by atoms with Crippen LogP contribution in [0.25, 0.3) is 0 Å². The number of rotatable bonds is 6. The molecule has 1 heterocycles. The fourth-order valence-corrected chi connectivity index (χ4v) is 3.59. The summed E-state index contributed by atoms with van der Waals surface area (Å²) in [5.41, 5.74) is 1.58. The molecule has 6 nitrogen and oxygen atoms in total. The summed E-state index contributed by atoms with van der Waals surface area (Å²) in [4.78, 5) is 38.2. The number of nitrogens with zero attached hydrogens (tertiary/aromatic N) is 2. The van der Waals surface area contributed by atoms with E-state index in [9.17, 15) is 14.4 Å². The Hall–Kier alpha value is -3.11. The van der Waals surface area contributed by atoms with Gasteiger partial charge in [0.25, 0.3) is 5.91 Å². The zero-order chi connectivity index (χ0) is 19.2. The Morgan fingerprint density at radius 2 is 1.74 bits per heavy atom. The van der Waals surface area contributed by atoms with Crippen LogP contribution < -0.4 is 10.2 Å². The van der Waals surface area contributed by atoms with E-state index in [0.29, 0.717) is 29.1 Å². The van der Waals surface area contributed by atoms with Gasteiger partial charge in [0.15, 0.2) is 0 Å². The second kappa shape index (κ2) is 8.52. The van der Waals surface area contributed by atoms with Crippen molar-refractivity contribution in [2.24, 2.45) is 0 Å². The van der Waals surface area contributed by atoms with Crippen LogP contribution in [-0.4, -0.2) is 23.5 Å². The smallest absolute Gasteiger partial charge is 0.255 e. The molecule has 0 bridgehead atoms. The van der Waals surface area contributed by atoms with Gasteiger partial charge in [0.2, 0.25) is 11.8 Å². The number of benzene rings is 2. The average molecular weight is 379 g/mol. The summed E-state index contributed by atoms with van der Waals surface area (Å²) in [6.07, 6.45) is 0.880. The molecule has 0 aliphatic carbocycles.